The second-order valence-electron chi connectivity index (χ2n) is 3.71. The molecule has 1 heterocycles. The van der Waals surface area contributed by atoms with E-state index in [0.717, 1.165) is 11.3 Å². The summed E-state index contributed by atoms with van der Waals surface area (Å²) in [6.45, 7) is 2.03. The number of nitrogens with one attached hydrogen (secondary N) is 1. The molecule has 0 saturated heterocycles. The van der Waals surface area contributed by atoms with Crippen molar-refractivity contribution in [3.05, 3.63) is 35.4 Å². The lowest BCUT2D eigenvalue weighted by Crippen LogP contribution is -2.44. The SMILES string of the molecule is Cc1ccc(C2=NNC(=O)C(N)C2)cc1. The summed E-state index contributed by atoms with van der Waals surface area (Å²) in [5.74, 6) is -0.217. The highest BCUT2D eigenvalue weighted by atomic mass is 16.2. The number of rotatable bonds is 1. The van der Waals surface area contributed by atoms with Crippen LogP contribution in [0.25, 0.3) is 0 Å². The van der Waals surface area contributed by atoms with E-state index < -0.39 is 6.04 Å². The number of carbonyl (C=O) groups is 1. The van der Waals surface area contributed by atoms with Gasteiger partial charge in [0.25, 0.3) is 5.91 Å². The molecule has 0 fully saturated rings. The molecule has 1 amide bonds. The number of hydrogen-bond donors (Lipinski definition) is 2. The summed E-state index contributed by atoms with van der Waals surface area (Å²) in [5, 5.41) is 4.00. The second kappa shape index (κ2) is 3.82. The number of amides is 1. The van der Waals surface area contributed by atoms with Gasteiger partial charge < -0.3 is 5.73 Å². The fourth-order valence-electron chi connectivity index (χ4n) is 1.48. The van der Waals surface area contributed by atoms with Crippen LogP contribution in [0.5, 0.6) is 0 Å². The topological polar surface area (TPSA) is 67.5 Å². The average molecular weight is 203 g/mol. The zero-order valence-electron chi connectivity index (χ0n) is 8.53. The maximum absolute atomic E-state index is 11.1. The first-order valence-corrected chi connectivity index (χ1v) is 4.86. The van der Waals surface area contributed by atoms with Gasteiger partial charge in [-0.2, -0.15) is 5.10 Å². The number of aryl methyl sites for hydroxylation is 1. The van der Waals surface area contributed by atoms with Crippen molar-refractivity contribution in [3.8, 4) is 0 Å². The Balaban J connectivity index is 2.25. The van der Waals surface area contributed by atoms with Gasteiger partial charge in [-0.3, -0.25) is 4.79 Å². The van der Waals surface area contributed by atoms with Crippen LogP contribution in [-0.4, -0.2) is 17.7 Å². The maximum atomic E-state index is 11.1. The number of benzene rings is 1. The Bertz CT molecular complexity index is 408. The first-order valence-electron chi connectivity index (χ1n) is 4.86. The van der Waals surface area contributed by atoms with Gasteiger partial charge in [0, 0.05) is 6.42 Å². The van der Waals surface area contributed by atoms with E-state index in [1.54, 1.807) is 0 Å². The minimum Gasteiger partial charge on any atom is -0.320 e. The van der Waals surface area contributed by atoms with E-state index in [9.17, 15) is 4.79 Å². The van der Waals surface area contributed by atoms with Gasteiger partial charge in [-0.25, -0.2) is 5.43 Å². The highest BCUT2D eigenvalue weighted by molar-refractivity contribution is 6.05. The molecule has 1 aliphatic heterocycles. The van der Waals surface area contributed by atoms with Crippen LogP contribution in [-0.2, 0) is 4.79 Å². The first kappa shape index (κ1) is 9.86. The number of hydrazone groups is 1. The van der Waals surface area contributed by atoms with E-state index in [0.29, 0.717) is 6.42 Å². The smallest absolute Gasteiger partial charge is 0.257 e. The third kappa shape index (κ3) is 2.05. The molecule has 4 heteroatoms. The molecule has 2 rings (SSSR count). The highest BCUT2D eigenvalue weighted by Gasteiger charge is 2.21. The zero-order valence-corrected chi connectivity index (χ0v) is 8.53. The molecule has 0 bridgehead atoms. The van der Waals surface area contributed by atoms with E-state index in [4.69, 9.17) is 5.73 Å². The highest BCUT2D eigenvalue weighted by Crippen LogP contribution is 2.10. The Kier molecular flexibility index (Phi) is 2.51. The molecule has 1 aromatic rings. The average Bonchev–Trinajstić information content (AvgIpc) is 2.23. The second-order valence-corrected chi connectivity index (χ2v) is 3.71. The van der Waals surface area contributed by atoms with Crippen molar-refractivity contribution in [1.82, 2.24) is 5.43 Å². The molecule has 0 spiro atoms. The number of nitrogens with two attached hydrogens (primary N) is 1. The predicted octanol–water partition coefficient (Wildman–Crippen LogP) is 0.546. The number of carbonyl (C=O) groups excluding carboxylic acids is 1. The van der Waals surface area contributed by atoms with Crippen molar-refractivity contribution in [2.75, 3.05) is 0 Å². The fraction of sp³-hybridized carbons (Fsp3) is 0.273. The summed E-state index contributed by atoms with van der Waals surface area (Å²) >= 11 is 0. The van der Waals surface area contributed by atoms with Crippen molar-refractivity contribution in [2.45, 2.75) is 19.4 Å². The van der Waals surface area contributed by atoms with Gasteiger partial charge in [0.2, 0.25) is 0 Å². The molecule has 0 aromatic heterocycles. The Hall–Kier alpha value is -1.68. The quantitative estimate of drug-likeness (QED) is 0.699. The molecule has 1 aromatic carbocycles. The van der Waals surface area contributed by atoms with E-state index in [2.05, 4.69) is 10.5 Å². The van der Waals surface area contributed by atoms with Crippen LogP contribution < -0.4 is 11.2 Å². The van der Waals surface area contributed by atoms with Crippen molar-refractivity contribution < 1.29 is 4.79 Å². The van der Waals surface area contributed by atoms with Gasteiger partial charge in [0.05, 0.1) is 11.8 Å². The van der Waals surface area contributed by atoms with Gasteiger partial charge >= 0.3 is 0 Å². The van der Waals surface area contributed by atoms with Crippen LogP contribution >= 0.6 is 0 Å². The Labute approximate surface area is 88.2 Å². The summed E-state index contributed by atoms with van der Waals surface area (Å²) in [7, 11) is 0. The van der Waals surface area contributed by atoms with E-state index in [1.165, 1.54) is 5.56 Å². The van der Waals surface area contributed by atoms with Gasteiger partial charge in [0.1, 0.15) is 0 Å². The van der Waals surface area contributed by atoms with Crippen LogP contribution in [0.3, 0.4) is 0 Å². The van der Waals surface area contributed by atoms with Crippen LogP contribution in [0.15, 0.2) is 29.4 Å². The molecular formula is C11H13N3O. The lowest BCUT2D eigenvalue weighted by atomic mass is 10.0. The lowest BCUT2D eigenvalue weighted by Gasteiger charge is -2.17. The van der Waals surface area contributed by atoms with Gasteiger partial charge in [0.15, 0.2) is 0 Å². The summed E-state index contributed by atoms with van der Waals surface area (Å²) in [4.78, 5) is 11.1. The van der Waals surface area contributed by atoms with E-state index >= 15 is 0 Å². The molecule has 3 N–H and O–H groups in total. The molecule has 78 valence electrons. The van der Waals surface area contributed by atoms with Crippen LogP contribution in [0.2, 0.25) is 0 Å². The molecule has 1 unspecified atom stereocenters. The molecule has 15 heavy (non-hydrogen) atoms. The number of nitrogens with zero attached hydrogens (tertiary/aromatic N) is 1. The molecule has 1 atom stereocenters. The van der Waals surface area contributed by atoms with Crippen LogP contribution in [0.4, 0.5) is 0 Å². The predicted molar refractivity (Wildman–Crippen MR) is 58.5 cm³/mol. The first-order chi connectivity index (χ1) is 7.16. The third-order valence-electron chi connectivity index (χ3n) is 2.44. The summed E-state index contributed by atoms with van der Waals surface area (Å²) in [6.07, 6.45) is 0.495. The van der Waals surface area contributed by atoms with Crippen LogP contribution in [0, 0.1) is 6.92 Å². The van der Waals surface area contributed by atoms with Crippen molar-refractivity contribution in [3.63, 3.8) is 0 Å². The van der Waals surface area contributed by atoms with E-state index in [1.807, 2.05) is 31.2 Å². The molecule has 4 nitrogen and oxygen atoms in total. The Morgan fingerprint density at radius 2 is 2.07 bits per heavy atom. The minimum atomic E-state index is -0.487. The normalized spacial score (nSPS) is 20.8. The molecular weight excluding hydrogens is 190 g/mol. The summed E-state index contributed by atoms with van der Waals surface area (Å²) < 4.78 is 0. The largest absolute Gasteiger partial charge is 0.320 e. The van der Waals surface area contributed by atoms with Gasteiger partial charge in [-0.15, -0.1) is 0 Å². The Morgan fingerprint density at radius 3 is 2.67 bits per heavy atom. The Morgan fingerprint density at radius 1 is 1.40 bits per heavy atom. The number of hydrogen-bond acceptors (Lipinski definition) is 3. The van der Waals surface area contributed by atoms with E-state index in [-0.39, 0.29) is 5.91 Å². The monoisotopic (exact) mass is 203 g/mol. The molecule has 0 saturated carbocycles. The molecule has 0 aliphatic carbocycles. The summed E-state index contributed by atoms with van der Waals surface area (Å²) in [6, 6.07) is 7.51. The van der Waals surface area contributed by atoms with Crippen LogP contribution in [0.1, 0.15) is 17.5 Å². The van der Waals surface area contributed by atoms with Crippen molar-refractivity contribution >= 4 is 11.6 Å². The van der Waals surface area contributed by atoms with Gasteiger partial charge in [-0.05, 0) is 12.5 Å². The van der Waals surface area contributed by atoms with Crippen molar-refractivity contribution in [2.24, 2.45) is 10.8 Å². The molecule has 1 aliphatic rings. The third-order valence-corrected chi connectivity index (χ3v) is 2.44. The van der Waals surface area contributed by atoms with Crippen molar-refractivity contribution in [1.29, 1.82) is 0 Å². The standard InChI is InChI=1S/C11H13N3O/c1-7-2-4-8(5-3-7)10-6-9(12)11(15)14-13-10/h2-5,9H,6,12H2,1H3,(H,14,15). The summed E-state index contributed by atoms with van der Waals surface area (Å²) in [5.41, 5.74) is 11.1. The lowest BCUT2D eigenvalue weighted by molar-refractivity contribution is -0.122. The maximum Gasteiger partial charge on any atom is 0.257 e. The minimum absolute atomic E-state index is 0.217. The fourth-order valence-corrected chi connectivity index (χ4v) is 1.48. The zero-order chi connectivity index (χ0) is 10.8. The van der Waals surface area contributed by atoms with Gasteiger partial charge in [-0.1, -0.05) is 29.8 Å². The molecule has 0 radical (unpaired) electrons.